The number of carbonyl (C=O) groups excluding carboxylic acids is 4. The Bertz CT molecular complexity index is 985. The van der Waals surface area contributed by atoms with Gasteiger partial charge in [-0.2, -0.15) is 0 Å². The second-order valence-corrected chi connectivity index (χ2v) is 11.0. The topological polar surface area (TPSA) is 131 Å². The molecule has 1 aromatic rings. The zero-order valence-electron chi connectivity index (χ0n) is 24.3. The fourth-order valence-corrected chi connectivity index (χ4v) is 2.77. The van der Waals surface area contributed by atoms with Crippen LogP contribution >= 0.6 is 0 Å². The van der Waals surface area contributed by atoms with Crippen LogP contribution in [-0.2, 0) is 35.1 Å². The summed E-state index contributed by atoms with van der Waals surface area (Å²) in [5.74, 6) is -2.01. The molecule has 0 fully saturated rings. The van der Waals surface area contributed by atoms with Crippen molar-refractivity contribution < 1.29 is 38.1 Å². The fraction of sp³-hybridized carbons (Fsp3) is 0.655. The lowest BCUT2D eigenvalue weighted by Gasteiger charge is -2.23. The quantitative estimate of drug-likeness (QED) is 0.264. The first-order valence-electron chi connectivity index (χ1n) is 13.3. The standard InChI is InChI=1S/C29H45NO8/c1-10-18(4)24(31)36-19(5)17-35-25(32)21(30)15-20-13-14-22(37-26(33)28(6,7)11-2)23(16-20)38-27(34)29(8,9)12-3/h13-14,16,18-19,21H,10-12,15,17,30H2,1-9H3/t18?,19-,21-/m0/s1. The molecule has 3 atom stereocenters. The number of esters is 4. The maximum Gasteiger partial charge on any atom is 0.323 e. The normalized spacial score (nSPS) is 14.2. The van der Waals surface area contributed by atoms with Crippen LogP contribution in [0.1, 0.15) is 87.1 Å². The Morgan fingerprint density at radius 3 is 1.87 bits per heavy atom. The van der Waals surface area contributed by atoms with Gasteiger partial charge in [-0.1, -0.05) is 33.8 Å². The SMILES string of the molecule is CCC(C)C(=O)O[C@@H](C)COC(=O)[C@@H](N)Cc1ccc(OC(=O)C(C)(C)CC)c(OC(=O)C(C)(C)CC)c1. The van der Waals surface area contributed by atoms with Crippen LogP contribution in [0.2, 0.25) is 0 Å². The molecule has 0 radical (unpaired) electrons. The Morgan fingerprint density at radius 2 is 1.37 bits per heavy atom. The molecule has 1 aromatic carbocycles. The van der Waals surface area contributed by atoms with Crippen LogP contribution in [0, 0.1) is 16.7 Å². The van der Waals surface area contributed by atoms with Crippen LogP contribution in [0.15, 0.2) is 18.2 Å². The Labute approximate surface area is 226 Å². The van der Waals surface area contributed by atoms with Gasteiger partial charge in [0.2, 0.25) is 0 Å². The van der Waals surface area contributed by atoms with Crippen LogP contribution in [-0.4, -0.2) is 42.6 Å². The third-order valence-electron chi connectivity index (χ3n) is 6.84. The third kappa shape index (κ3) is 9.74. The van der Waals surface area contributed by atoms with E-state index in [1.807, 2.05) is 20.8 Å². The van der Waals surface area contributed by atoms with Crippen molar-refractivity contribution in [2.24, 2.45) is 22.5 Å². The van der Waals surface area contributed by atoms with Gasteiger partial charge in [0.05, 0.1) is 16.7 Å². The van der Waals surface area contributed by atoms with E-state index in [1.165, 1.54) is 12.1 Å². The van der Waals surface area contributed by atoms with Crippen LogP contribution in [0.4, 0.5) is 0 Å². The van der Waals surface area contributed by atoms with Crippen LogP contribution in [0.3, 0.4) is 0 Å². The van der Waals surface area contributed by atoms with E-state index in [4.69, 9.17) is 24.7 Å². The Balaban J connectivity index is 3.01. The van der Waals surface area contributed by atoms with Gasteiger partial charge in [-0.15, -0.1) is 0 Å². The molecule has 9 heteroatoms. The van der Waals surface area contributed by atoms with Gasteiger partial charge in [0, 0.05) is 0 Å². The number of benzene rings is 1. The molecule has 214 valence electrons. The van der Waals surface area contributed by atoms with E-state index >= 15 is 0 Å². The average molecular weight is 536 g/mol. The average Bonchev–Trinajstić information content (AvgIpc) is 2.87. The number of hydrogen-bond donors (Lipinski definition) is 1. The number of ether oxygens (including phenoxy) is 4. The monoisotopic (exact) mass is 535 g/mol. The summed E-state index contributed by atoms with van der Waals surface area (Å²) >= 11 is 0. The van der Waals surface area contributed by atoms with Crippen molar-refractivity contribution >= 4 is 23.9 Å². The second kappa shape index (κ2) is 14.3. The summed E-state index contributed by atoms with van der Waals surface area (Å²) in [7, 11) is 0. The molecule has 9 nitrogen and oxygen atoms in total. The molecule has 1 rings (SSSR count). The Morgan fingerprint density at radius 1 is 0.842 bits per heavy atom. The zero-order valence-corrected chi connectivity index (χ0v) is 24.3. The van der Waals surface area contributed by atoms with Crippen molar-refractivity contribution in [3.8, 4) is 11.5 Å². The van der Waals surface area contributed by atoms with Gasteiger partial charge < -0.3 is 24.7 Å². The molecule has 0 spiro atoms. The maximum absolute atomic E-state index is 12.8. The van der Waals surface area contributed by atoms with Gasteiger partial charge >= 0.3 is 23.9 Å². The summed E-state index contributed by atoms with van der Waals surface area (Å²) < 4.78 is 21.8. The second-order valence-electron chi connectivity index (χ2n) is 11.0. The molecule has 0 saturated heterocycles. The Kier molecular flexibility index (Phi) is 12.4. The Hall–Kier alpha value is -2.94. The molecule has 0 aliphatic heterocycles. The maximum atomic E-state index is 12.8. The predicted octanol–water partition coefficient (Wildman–Crippen LogP) is 4.76. The highest BCUT2D eigenvalue weighted by molar-refractivity contribution is 5.81. The molecule has 0 saturated carbocycles. The molecule has 0 aliphatic carbocycles. The van der Waals surface area contributed by atoms with Gasteiger partial charge in [-0.05, 0) is 78.0 Å². The first-order chi connectivity index (χ1) is 17.6. The summed E-state index contributed by atoms with van der Waals surface area (Å²) in [6, 6.07) is 3.69. The van der Waals surface area contributed by atoms with Gasteiger partial charge in [0.15, 0.2) is 11.5 Å². The largest absolute Gasteiger partial charge is 0.461 e. The lowest BCUT2D eigenvalue weighted by atomic mass is 9.90. The van der Waals surface area contributed by atoms with E-state index in [-0.39, 0.29) is 36.4 Å². The van der Waals surface area contributed by atoms with E-state index in [0.29, 0.717) is 24.8 Å². The lowest BCUT2D eigenvalue weighted by molar-refractivity contribution is -0.161. The summed E-state index contributed by atoms with van der Waals surface area (Å²) in [6.07, 6.45) is 1.23. The van der Waals surface area contributed by atoms with Crippen molar-refractivity contribution in [1.29, 1.82) is 0 Å². The van der Waals surface area contributed by atoms with E-state index in [2.05, 4.69) is 0 Å². The van der Waals surface area contributed by atoms with Gasteiger partial charge in [-0.25, -0.2) is 0 Å². The minimum atomic E-state index is -1.02. The molecular weight excluding hydrogens is 490 g/mol. The summed E-state index contributed by atoms with van der Waals surface area (Å²) in [6.45, 7) is 16.0. The van der Waals surface area contributed by atoms with E-state index < -0.39 is 40.9 Å². The highest BCUT2D eigenvalue weighted by Gasteiger charge is 2.31. The van der Waals surface area contributed by atoms with Crippen molar-refractivity contribution in [3.63, 3.8) is 0 Å². The third-order valence-corrected chi connectivity index (χ3v) is 6.84. The van der Waals surface area contributed by atoms with Crippen molar-refractivity contribution in [1.82, 2.24) is 0 Å². The molecule has 38 heavy (non-hydrogen) atoms. The molecule has 1 unspecified atom stereocenters. The first-order valence-corrected chi connectivity index (χ1v) is 13.3. The predicted molar refractivity (Wildman–Crippen MR) is 144 cm³/mol. The number of nitrogens with two attached hydrogens (primary N) is 1. The van der Waals surface area contributed by atoms with Gasteiger partial charge in [0.25, 0.3) is 0 Å². The molecule has 0 aliphatic rings. The van der Waals surface area contributed by atoms with E-state index in [0.717, 1.165) is 0 Å². The summed E-state index contributed by atoms with van der Waals surface area (Å²) in [5.41, 5.74) is 5.17. The smallest absolute Gasteiger partial charge is 0.323 e. The number of hydrogen-bond acceptors (Lipinski definition) is 9. The molecule has 0 aromatic heterocycles. The fourth-order valence-electron chi connectivity index (χ4n) is 2.77. The molecule has 0 bridgehead atoms. The first kappa shape index (κ1) is 33.1. The highest BCUT2D eigenvalue weighted by atomic mass is 16.6. The molecule has 0 amide bonds. The number of rotatable bonds is 14. The van der Waals surface area contributed by atoms with Crippen molar-refractivity contribution in [3.05, 3.63) is 23.8 Å². The minimum Gasteiger partial charge on any atom is -0.461 e. The van der Waals surface area contributed by atoms with Crippen molar-refractivity contribution in [2.75, 3.05) is 6.61 Å². The lowest BCUT2D eigenvalue weighted by Crippen LogP contribution is -2.36. The summed E-state index contributed by atoms with van der Waals surface area (Å²) in [4.78, 5) is 49.8. The van der Waals surface area contributed by atoms with Gasteiger partial charge in [0.1, 0.15) is 18.8 Å². The minimum absolute atomic E-state index is 0.0698. The highest BCUT2D eigenvalue weighted by Crippen LogP contribution is 2.34. The number of carbonyl (C=O) groups is 4. The van der Waals surface area contributed by atoms with Crippen molar-refractivity contribution in [2.45, 2.75) is 100 Å². The van der Waals surface area contributed by atoms with Gasteiger partial charge in [-0.3, -0.25) is 19.2 Å². The summed E-state index contributed by atoms with van der Waals surface area (Å²) in [5, 5.41) is 0. The van der Waals surface area contributed by atoms with E-state index in [1.54, 1.807) is 47.6 Å². The van der Waals surface area contributed by atoms with Crippen LogP contribution in [0.25, 0.3) is 0 Å². The molecule has 0 heterocycles. The van der Waals surface area contributed by atoms with Crippen LogP contribution in [0.5, 0.6) is 11.5 Å². The van der Waals surface area contributed by atoms with E-state index in [9.17, 15) is 19.2 Å². The molecular formula is C29H45NO8. The molecule has 2 N–H and O–H groups in total. The van der Waals surface area contributed by atoms with Crippen LogP contribution < -0.4 is 15.2 Å². The zero-order chi connectivity index (χ0) is 29.3.